The molecule has 0 radical (unpaired) electrons. The Balaban J connectivity index is 1.94. The first-order chi connectivity index (χ1) is 12.9. The predicted octanol–water partition coefficient (Wildman–Crippen LogP) is 3.19. The molecular formula is C21H33N3O3. The molecule has 0 atom stereocenters. The van der Waals surface area contributed by atoms with Crippen molar-refractivity contribution in [2.24, 2.45) is 10.9 Å². The number of carbonyl (C=O) groups is 1. The van der Waals surface area contributed by atoms with Crippen molar-refractivity contribution in [1.82, 2.24) is 10.6 Å². The van der Waals surface area contributed by atoms with E-state index in [1.807, 2.05) is 39.8 Å². The minimum atomic E-state index is -0.0606. The number of guanidine groups is 1. The minimum absolute atomic E-state index is 0.0328. The van der Waals surface area contributed by atoms with Crippen LogP contribution in [0.2, 0.25) is 0 Å². The lowest BCUT2D eigenvalue weighted by molar-refractivity contribution is -0.149. The van der Waals surface area contributed by atoms with Gasteiger partial charge < -0.3 is 20.5 Å². The molecule has 0 aromatic heterocycles. The number of aliphatic imine (C=N–C) groups is 1. The van der Waals surface area contributed by atoms with Crippen LogP contribution in [-0.4, -0.2) is 36.2 Å². The second-order valence-electron chi connectivity index (χ2n) is 7.22. The molecule has 0 bridgehead atoms. The van der Waals surface area contributed by atoms with E-state index in [0.29, 0.717) is 24.9 Å². The smallest absolute Gasteiger partial charge is 0.308 e. The number of nitrogens with zero attached hydrogens (tertiary/aromatic N) is 1. The lowest BCUT2D eigenvalue weighted by Gasteiger charge is -2.29. The number of hydrogen-bond donors (Lipinski definition) is 3. The Morgan fingerprint density at radius 3 is 2.37 bits per heavy atom. The second kappa shape index (κ2) is 10.2. The van der Waals surface area contributed by atoms with Gasteiger partial charge >= 0.3 is 5.97 Å². The van der Waals surface area contributed by atoms with Gasteiger partial charge in [0.25, 0.3) is 0 Å². The molecule has 0 aliphatic heterocycles. The van der Waals surface area contributed by atoms with Gasteiger partial charge in [0.2, 0.25) is 0 Å². The van der Waals surface area contributed by atoms with E-state index in [-0.39, 0.29) is 11.9 Å². The zero-order valence-electron chi connectivity index (χ0n) is 17.0. The average Bonchev–Trinajstić information content (AvgIpc) is 2.65. The summed E-state index contributed by atoms with van der Waals surface area (Å²) in [5.41, 5.74) is 2.82. The molecule has 2 rings (SSSR count). The SMILES string of the molecule is CCNC(=NCc1cc(C)c(O)c(C)c1)NC1CCC(C(=O)OCC)CC1. The Labute approximate surface area is 162 Å². The van der Waals surface area contributed by atoms with Crippen LogP contribution in [0.3, 0.4) is 0 Å². The first-order valence-electron chi connectivity index (χ1n) is 9.95. The van der Waals surface area contributed by atoms with Crippen molar-refractivity contribution in [3.05, 3.63) is 28.8 Å². The zero-order valence-corrected chi connectivity index (χ0v) is 17.0. The lowest BCUT2D eigenvalue weighted by Crippen LogP contribution is -2.45. The normalized spacial score (nSPS) is 20.2. The zero-order chi connectivity index (χ0) is 19.8. The quantitative estimate of drug-likeness (QED) is 0.404. The molecule has 1 aliphatic rings. The third kappa shape index (κ3) is 6.15. The van der Waals surface area contributed by atoms with E-state index in [1.54, 1.807) is 0 Å². The summed E-state index contributed by atoms with van der Waals surface area (Å²) < 4.78 is 5.14. The molecule has 0 spiro atoms. The summed E-state index contributed by atoms with van der Waals surface area (Å²) in [6.07, 6.45) is 3.58. The van der Waals surface area contributed by atoms with Gasteiger partial charge in [0.05, 0.1) is 19.1 Å². The first-order valence-corrected chi connectivity index (χ1v) is 9.95. The number of hydrogen-bond acceptors (Lipinski definition) is 4. The molecule has 0 saturated heterocycles. The molecule has 0 amide bonds. The van der Waals surface area contributed by atoms with Gasteiger partial charge in [0, 0.05) is 12.6 Å². The van der Waals surface area contributed by atoms with Gasteiger partial charge in [-0.3, -0.25) is 4.79 Å². The molecule has 27 heavy (non-hydrogen) atoms. The fourth-order valence-electron chi connectivity index (χ4n) is 3.55. The Morgan fingerprint density at radius 1 is 1.19 bits per heavy atom. The number of carbonyl (C=O) groups excluding carboxylic acids is 1. The van der Waals surface area contributed by atoms with E-state index in [1.165, 1.54) is 0 Å². The Bertz CT molecular complexity index is 642. The summed E-state index contributed by atoms with van der Waals surface area (Å²) in [7, 11) is 0. The molecule has 6 nitrogen and oxygen atoms in total. The van der Waals surface area contributed by atoms with Crippen LogP contribution in [0.1, 0.15) is 56.2 Å². The first kappa shape index (κ1) is 21.1. The molecule has 1 aromatic carbocycles. The van der Waals surface area contributed by atoms with Gasteiger partial charge in [0.1, 0.15) is 5.75 Å². The fourth-order valence-corrected chi connectivity index (χ4v) is 3.55. The van der Waals surface area contributed by atoms with Crippen molar-refractivity contribution < 1.29 is 14.6 Å². The van der Waals surface area contributed by atoms with Crippen molar-refractivity contribution in [1.29, 1.82) is 0 Å². The summed E-state index contributed by atoms with van der Waals surface area (Å²) in [6, 6.07) is 4.26. The van der Waals surface area contributed by atoms with E-state index in [0.717, 1.165) is 54.9 Å². The number of rotatable bonds is 6. The van der Waals surface area contributed by atoms with E-state index >= 15 is 0 Å². The van der Waals surface area contributed by atoms with E-state index in [9.17, 15) is 9.90 Å². The highest BCUT2D eigenvalue weighted by atomic mass is 16.5. The van der Waals surface area contributed by atoms with Crippen LogP contribution in [0, 0.1) is 19.8 Å². The van der Waals surface area contributed by atoms with Gasteiger partial charge in [-0.1, -0.05) is 12.1 Å². The van der Waals surface area contributed by atoms with Crippen molar-refractivity contribution in [3.8, 4) is 5.75 Å². The van der Waals surface area contributed by atoms with Crippen LogP contribution >= 0.6 is 0 Å². The van der Waals surface area contributed by atoms with Crippen molar-refractivity contribution in [2.75, 3.05) is 13.2 Å². The standard InChI is InChI=1S/C21H33N3O3/c1-5-22-21(23-13-16-11-14(3)19(25)15(4)12-16)24-18-9-7-17(8-10-18)20(26)27-6-2/h11-12,17-18,25H,5-10,13H2,1-4H3,(H2,22,23,24). The van der Waals surface area contributed by atoms with Gasteiger partial charge in [-0.25, -0.2) is 4.99 Å². The van der Waals surface area contributed by atoms with Crippen LogP contribution in [0.25, 0.3) is 0 Å². The highest BCUT2D eigenvalue weighted by molar-refractivity contribution is 5.80. The average molecular weight is 376 g/mol. The second-order valence-corrected chi connectivity index (χ2v) is 7.22. The Kier molecular flexibility index (Phi) is 7.95. The summed E-state index contributed by atoms with van der Waals surface area (Å²) in [6.45, 7) is 9.49. The fraction of sp³-hybridized carbons (Fsp3) is 0.619. The number of benzene rings is 1. The summed E-state index contributed by atoms with van der Waals surface area (Å²) in [5.74, 6) is 1.12. The van der Waals surface area contributed by atoms with Crippen LogP contribution in [-0.2, 0) is 16.1 Å². The number of nitrogens with one attached hydrogen (secondary N) is 2. The predicted molar refractivity (Wildman–Crippen MR) is 108 cm³/mol. The van der Waals surface area contributed by atoms with Crippen LogP contribution in [0.15, 0.2) is 17.1 Å². The maximum Gasteiger partial charge on any atom is 0.308 e. The summed E-state index contributed by atoms with van der Waals surface area (Å²) in [5, 5.41) is 16.7. The van der Waals surface area contributed by atoms with E-state index < -0.39 is 0 Å². The number of ether oxygens (including phenoxy) is 1. The third-order valence-corrected chi connectivity index (χ3v) is 5.00. The van der Waals surface area contributed by atoms with Crippen molar-refractivity contribution in [2.45, 2.75) is 66.0 Å². The molecule has 0 heterocycles. The molecule has 1 aliphatic carbocycles. The van der Waals surface area contributed by atoms with Crippen LogP contribution < -0.4 is 10.6 Å². The van der Waals surface area contributed by atoms with Crippen molar-refractivity contribution in [3.63, 3.8) is 0 Å². The van der Waals surface area contributed by atoms with Gasteiger partial charge in [-0.2, -0.15) is 0 Å². The van der Waals surface area contributed by atoms with Crippen molar-refractivity contribution >= 4 is 11.9 Å². The maximum absolute atomic E-state index is 11.9. The molecule has 150 valence electrons. The monoisotopic (exact) mass is 375 g/mol. The molecule has 1 saturated carbocycles. The molecule has 1 fully saturated rings. The maximum atomic E-state index is 11.9. The molecular weight excluding hydrogens is 342 g/mol. The summed E-state index contributed by atoms with van der Waals surface area (Å²) >= 11 is 0. The van der Waals surface area contributed by atoms with Gasteiger partial charge in [-0.05, 0) is 70.1 Å². The number of aryl methyl sites for hydroxylation is 2. The number of esters is 1. The van der Waals surface area contributed by atoms with Crippen LogP contribution in [0.5, 0.6) is 5.75 Å². The van der Waals surface area contributed by atoms with E-state index in [4.69, 9.17) is 9.73 Å². The molecule has 3 N–H and O–H groups in total. The van der Waals surface area contributed by atoms with Gasteiger partial charge in [0.15, 0.2) is 5.96 Å². The number of phenols is 1. The number of phenolic OH excluding ortho intramolecular Hbond substituents is 1. The minimum Gasteiger partial charge on any atom is -0.507 e. The largest absolute Gasteiger partial charge is 0.507 e. The molecule has 0 unspecified atom stereocenters. The molecule has 6 heteroatoms. The number of aromatic hydroxyl groups is 1. The van der Waals surface area contributed by atoms with Gasteiger partial charge in [-0.15, -0.1) is 0 Å². The topological polar surface area (TPSA) is 83.0 Å². The van der Waals surface area contributed by atoms with E-state index in [2.05, 4.69) is 10.6 Å². The third-order valence-electron chi connectivity index (χ3n) is 5.00. The van der Waals surface area contributed by atoms with Crippen LogP contribution in [0.4, 0.5) is 0 Å². The summed E-state index contributed by atoms with van der Waals surface area (Å²) in [4.78, 5) is 16.6. The highest BCUT2D eigenvalue weighted by Crippen LogP contribution is 2.26. The highest BCUT2D eigenvalue weighted by Gasteiger charge is 2.27. The lowest BCUT2D eigenvalue weighted by atomic mass is 9.86. The molecule has 1 aromatic rings. The Morgan fingerprint density at radius 2 is 1.81 bits per heavy atom. The Hall–Kier alpha value is -2.24.